The van der Waals surface area contributed by atoms with Gasteiger partial charge in [-0.3, -0.25) is 9.59 Å². The summed E-state index contributed by atoms with van der Waals surface area (Å²) in [5.74, 6) is 0.292. The Kier molecular flexibility index (Phi) is 2.79. The van der Waals surface area contributed by atoms with E-state index < -0.39 is 0 Å². The molecule has 2 aliphatic carbocycles. The van der Waals surface area contributed by atoms with Crippen molar-refractivity contribution in [2.45, 2.75) is 12.8 Å². The molecule has 0 atom stereocenters. The molecule has 0 saturated heterocycles. The number of hydrogen-bond donors (Lipinski definition) is 0. The Morgan fingerprint density at radius 2 is 1.46 bits per heavy atom. The van der Waals surface area contributed by atoms with E-state index in [0.717, 1.165) is 63.5 Å². The molecule has 0 unspecified atom stereocenters. The molecule has 0 spiro atoms. The maximum Gasteiger partial charge on any atom is 0.167 e. The van der Waals surface area contributed by atoms with Crippen LogP contribution in [0, 0.1) is 0 Å². The Bertz CT molecular complexity index is 1380. The molecule has 4 aromatic carbocycles. The number of hydrogen-bond acceptors (Lipinski definition) is 2. The molecular weight excluding hydrogens is 456 g/mol. The summed E-state index contributed by atoms with van der Waals surface area (Å²) in [6.07, 6.45) is 0.790. The Hall–Kier alpha value is -2.04. The molecule has 0 aliphatic heterocycles. The van der Waals surface area contributed by atoms with Gasteiger partial charge in [-0.05, 0) is 82.7 Å². The third-order valence-electron chi connectivity index (χ3n) is 5.70. The van der Waals surface area contributed by atoms with Gasteiger partial charge in [-0.15, -0.1) is 0 Å². The first kappa shape index (κ1) is 15.1. The van der Waals surface area contributed by atoms with Crippen molar-refractivity contribution in [3.63, 3.8) is 0 Å². The number of carbonyl (C=O) groups is 2. The van der Waals surface area contributed by atoms with Gasteiger partial charge in [0.15, 0.2) is 11.6 Å². The standard InChI is InChI=1S/C22H10Br2O2/c23-15-6-11-8-17(26)13-4-9-2-1-3-12-16(25)7-10-5-14(22(15)24)19(11)21(13)20(10)18(9)12/h1-6H,7-8H2. The minimum absolute atomic E-state index is 0.145. The van der Waals surface area contributed by atoms with Crippen LogP contribution in [0.15, 0.2) is 45.3 Å². The van der Waals surface area contributed by atoms with Crippen molar-refractivity contribution in [3.8, 4) is 0 Å². The minimum Gasteiger partial charge on any atom is -0.294 e. The maximum atomic E-state index is 12.9. The summed E-state index contributed by atoms with van der Waals surface area (Å²) in [6.45, 7) is 0. The maximum absolute atomic E-state index is 12.9. The predicted octanol–water partition coefficient (Wildman–Crippen LogP) is 6.15. The topological polar surface area (TPSA) is 34.1 Å². The lowest BCUT2D eigenvalue weighted by molar-refractivity contribution is 0.0987. The predicted molar refractivity (Wildman–Crippen MR) is 110 cm³/mol. The van der Waals surface area contributed by atoms with Crippen molar-refractivity contribution in [2.24, 2.45) is 0 Å². The summed E-state index contributed by atoms with van der Waals surface area (Å²) in [5.41, 5.74) is 3.62. The number of halogens is 2. The van der Waals surface area contributed by atoms with Gasteiger partial charge in [0.05, 0.1) is 0 Å². The van der Waals surface area contributed by atoms with E-state index in [1.54, 1.807) is 0 Å². The van der Waals surface area contributed by atoms with Crippen molar-refractivity contribution in [1.29, 1.82) is 0 Å². The summed E-state index contributed by atoms with van der Waals surface area (Å²) in [4.78, 5) is 25.7. The minimum atomic E-state index is 0.145. The molecule has 0 heterocycles. The number of carbonyl (C=O) groups excluding carboxylic acids is 2. The second kappa shape index (κ2) is 4.81. The lowest BCUT2D eigenvalue weighted by atomic mass is 9.77. The highest BCUT2D eigenvalue weighted by atomic mass is 79.9. The zero-order valence-electron chi connectivity index (χ0n) is 13.5. The third-order valence-corrected chi connectivity index (χ3v) is 7.71. The molecule has 0 N–H and O–H groups in total. The van der Waals surface area contributed by atoms with Crippen LogP contribution in [0.2, 0.25) is 0 Å². The van der Waals surface area contributed by atoms with Crippen molar-refractivity contribution in [3.05, 3.63) is 67.6 Å². The first-order chi connectivity index (χ1) is 12.5. The molecule has 124 valence electrons. The summed E-state index contributed by atoms with van der Waals surface area (Å²) in [6, 6.07) is 12.0. The van der Waals surface area contributed by atoms with E-state index in [1.165, 1.54) is 0 Å². The fourth-order valence-electron chi connectivity index (χ4n) is 4.68. The van der Waals surface area contributed by atoms with Crippen LogP contribution in [0.4, 0.5) is 0 Å². The number of benzene rings is 4. The second-order valence-corrected chi connectivity index (χ2v) is 8.71. The van der Waals surface area contributed by atoms with Gasteiger partial charge in [-0.25, -0.2) is 0 Å². The average molecular weight is 466 g/mol. The molecular formula is C22H10Br2O2. The number of ketones is 2. The molecule has 6 rings (SSSR count). The van der Waals surface area contributed by atoms with Gasteiger partial charge in [0.2, 0.25) is 0 Å². The lowest BCUT2D eigenvalue weighted by Crippen LogP contribution is -2.15. The molecule has 0 radical (unpaired) electrons. The fraction of sp³-hybridized carbons (Fsp3) is 0.0909. The fourth-order valence-corrected chi connectivity index (χ4v) is 5.60. The number of rotatable bonds is 0. The molecule has 0 amide bonds. The zero-order chi connectivity index (χ0) is 17.7. The van der Waals surface area contributed by atoms with E-state index in [2.05, 4.69) is 37.9 Å². The Morgan fingerprint density at radius 3 is 2.27 bits per heavy atom. The largest absolute Gasteiger partial charge is 0.294 e. The van der Waals surface area contributed by atoms with Crippen LogP contribution in [0.25, 0.3) is 32.3 Å². The summed E-state index contributed by atoms with van der Waals surface area (Å²) >= 11 is 7.29. The molecule has 0 aromatic heterocycles. The summed E-state index contributed by atoms with van der Waals surface area (Å²) in [7, 11) is 0. The molecule has 2 nitrogen and oxygen atoms in total. The SMILES string of the molecule is O=C1Cc2cc3c(Br)c(Br)cc4c3c3c(cc5cccc1c5c23)C(=O)C4. The first-order valence-corrected chi connectivity index (χ1v) is 10.0. The van der Waals surface area contributed by atoms with Gasteiger partial charge in [0.25, 0.3) is 0 Å². The van der Waals surface area contributed by atoms with Crippen molar-refractivity contribution in [2.75, 3.05) is 0 Å². The smallest absolute Gasteiger partial charge is 0.167 e. The van der Waals surface area contributed by atoms with Crippen LogP contribution in [-0.2, 0) is 12.8 Å². The third kappa shape index (κ3) is 1.67. The highest BCUT2D eigenvalue weighted by Gasteiger charge is 2.30. The number of Topliss-reactive ketones (excluding diaryl/α,β-unsaturated/α-hetero) is 2. The Balaban J connectivity index is 2.04. The molecule has 0 fully saturated rings. The average Bonchev–Trinajstić information content (AvgIpc) is 2.63. The van der Waals surface area contributed by atoms with Gasteiger partial charge >= 0.3 is 0 Å². The van der Waals surface area contributed by atoms with Gasteiger partial charge < -0.3 is 0 Å². The van der Waals surface area contributed by atoms with E-state index in [-0.39, 0.29) is 11.6 Å². The van der Waals surface area contributed by atoms with Gasteiger partial charge in [-0.2, -0.15) is 0 Å². The Labute approximate surface area is 165 Å². The first-order valence-electron chi connectivity index (χ1n) is 8.43. The van der Waals surface area contributed by atoms with Gasteiger partial charge in [0, 0.05) is 43.7 Å². The quantitative estimate of drug-likeness (QED) is 0.292. The van der Waals surface area contributed by atoms with E-state index in [9.17, 15) is 9.59 Å². The summed E-state index contributed by atoms with van der Waals surface area (Å²) < 4.78 is 1.91. The molecule has 0 saturated carbocycles. The lowest BCUT2D eigenvalue weighted by Gasteiger charge is -2.25. The molecule has 0 bridgehead atoms. The van der Waals surface area contributed by atoms with E-state index >= 15 is 0 Å². The molecule has 2 aliphatic rings. The molecule has 26 heavy (non-hydrogen) atoms. The van der Waals surface area contributed by atoms with Crippen LogP contribution >= 0.6 is 31.9 Å². The van der Waals surface area contributed by atoms with Crippen molar-refractivity contribution >= 4 is 75.7 Å². The van der Waals surface area contributed by atoms with Gasteiger partial charge in [0.1, 0.15) is 0 Å². The van der Waals surface area contributed by atoms with Crippen LogP contribution < -0.4 is 0 Å². The highest BCUT2D eigenvalue weighted by Crippen LogP contribution is 2.47. The van der Waals surface area contributed by atoms with E-state index in [0.29, 0.717) is 12.8 Å². The summed E-state index contributed by atoms with van der Waals surface area (Å²) in [5, 5.41) is 6.29. The Morgan fingerprint density at radius 1 is 0.731 bits per heavy atom. The van der Waals surface area contributed by atoms with Crippen molar-refractivity contribution in [1.82, 2.24) is 0 Å². The van der Waals surface area contributed by atoms with Crippen LogP contribution in [0.5, 0.6) is 0 Å². The monoisotopic (exact) mass is 464 g/mol. The normalized spacial score (nSPS) is 15.2. The van der Waals surface area contributed by atoms with E-state index in [4.69, 9.17) is 0 Å². The highest BCUT2D eigenvalue weighted by molar-refractivity contribution is 9.13. The van der Waals surface area contributed by atoms with Crippen LogP contribution in [0.1, 0.15) is 31.8 Å². The van der Waals surface area contributed by atoms with Gasteiger partial charge in [-0.1, -0.05) is 18.2 Å². The van der Waals surface area contributed by atoms with Crippen LogP contribution in [0.3, 0.4) is 0 Å². The van der Waals surface area contributed by atoms with Crippen molar-refractivity contribution < 1.29 is 9.59 Å². The molecule has 4 heteroatoms. The van der Waals surface area contributed by atoms with Crippen LogP contribution in [-0.4, -0.2) is 11.6 Å². The zero-order valence-corrected chi connectivity index (χ0v) is 16.6. The second-order valence-electron chi connectivity index (χ2n) is 7.07. The van der Waals surface area contributed by atoms with E-state index in [1.807, 2.05) is 30.3 Å². The molecule has 4 aromatic rings.